The summed E-state index contributed by atoms with van der Waals surface area (Å²) in [5.74, 6) is 0. The molecule has 3 rings (SSSR count). The highest BCUT2D eigenvalue weighted by atomic mass is 15.1. The van der Waals surface area contributed by atoms with E-state index in [-0.39, 0.29) is 0 Å². The number of aryl methyl sites for hydroxylation is 2. The summed E-state index contributed by atoms with van der Waals surface area (Å²) in [5.41, 5.74) is 7.22. The zero-order valence-electron chi connectivity index (χ0n) is 11.1. The third-order valence-corrected chi connectivity index (χ3v) is 3.96. The minimum absolute atomic E-state index is 1.05. The van der Waals surface area contributed by atoms with Gasteiger partial charge in [-0.25, -0.2) is 0 Å². The van der Waals surface area contributed by atoms with Crippen molar-refractivity contribution in [1.29, 1.82) is 0 Å². The monoisotopic (exact) mass is 237 g/mol. The third kappa shape index (κ3) is 1.90. The van der Waals surface area contributed by atoms with E-state index in [4.69, 9.17) is 0 Å². The van der Waals surface area contributed by atoms with E-state index >= 15 is 0 Å². The molecule has 0 unspecified atom stereocenters. The van der Waals surface area contributed by atoms with E-state index in [1.165, 1.54) is 27.9 Å². The molecule has 1 heteroatoms. The average Bonchev–Trinajstić information content (AvgIpc) is 2.40. The van der Waals surface area contributed by atoms with Crippen molar-refractivity contribution in [3.63, 3.8) is 0 Å². The first-order valence-corrected chi connectivity index (χ1v) is 6.63. The normalized spacial score (nSPS) is 14.4. The van der Waals surface area contributed by atoms with E-state index in [1.54, 1.807) is 0 Å². The van der Waals surface area contributed by atoms with Crippen molar-refractivity contribution < 1.29 is 0 Å². The number of nitrogens with zero attached hydrogens (tertiary/aromatic N) is 1. The predicted molar refractivity (Wildman–Crippen MR) is 77.1 cm³/mol. The van der Waals surface area contributed by atoms with Crippen LogP contribution in [0.25, 0.3) is 0 Å². The second kappa shape index (κ2) is 4.49. The van der Waals surface area contributed by atoms with Crippen molar-refractivity contribution in [3.05, 3.63) is 64.7 Å². The van der Waals surface area contributed by atoms with Gasteiger partial charge < -0.3 is 4.90 Å². The van der Waals surface area contributed by atoms with Crippen molar-refractivity contribution in [3.8, 4) is 0 Å². The van der Waals surface area contributed by atoms with E-state index in [2.05, 4.69) is 61.2 Å². The number of fused-ring (bicyclic) bond motifs is 1. The van der Waals surface area contributed by atoms with E-state index < -0.39 is 0 Å². The van der Waals surface area contributed by atoms with Crippen molar-refractivity contribution in [2.45, 2.75) is 26.8 Å². The first kappa shape index (κ1) is 11.3. The molecule has 92 valence electrons. The fourth-order valence-electron chi connectivity index (χ4n) is 2.87. The lowest BCUT2D eigenvalue weighted by molar-refractivity contribution is 0.725. The molecule has 1 heterocycles. The molecule has 0 radical (unpaired) electrons. The Balaban J connectivity index is 1.96. The van der Waals surface area contributed by atoms with Gasteiger partial charge in [0.15, 0.2) is 0 Å². The summed E-state index contributed by atoms with van der Waals surface area (Å²) >= 11 is 0. The highest BCUT2D eigenvalue weighted by molar-refractivity contribution is 5.55. The van der Waals surface area contributed by atoms with Crippen LogP contribution in [0.15, 0.2) is 42.5 Å². The van der Waals surface area contributed by atoms with Crippen LogP contribution >= 0.6 is 0 Å². The average molecular weight is 237 g/mol. The van der Waals surface area contributed by atoms with Crippen LogP contribution in [0.1, 0.15) is 22.3 Å². The lowest BCUT2D eigenvalue weighted by Crippen LogP contribution is -2.31. The fraction of sp³-hybridized carbons (Fsp3) is 0.294. The summed E-state index contributed by atoms with van der Waals surface area (Å²) < 4.78 is 0. The Morgan fingerprint density at radius 2 is 1.67 bits per heavy atom. The van der Waals surface area contributed by atoms with E-state index in [0.717, 1.165) is 19.5 Å². The van der Waals surface area contributed by atoms with Gasteiger partial charge in [-0.3, -0.25) is 0 Å². The maximum atomic E-state index is 2.50. The number of hydrogen-bond acceptors (Lipinski definition) is 1. The van der Waals surface area contributed by atoms with Gasteiger partial charge in [0.2, 0.25) is 0 Å². The molecule has 1 aliphatic rings. The summed E-state index contributed by atoms with van der Waals surface area (Å²) in [5, 5.41) is 0. The number of para-hydroxylation sites is 1. The Hall–Kier alpha value is -1.76. The molecule has 0 saturated heterocycles. The SMILES string of the molecule is Cc1ccccc1N1CCc2cccc(C)c2C1. The van der Waals surface area contributed by atoms with Gasteiger partial charge in [0.1, 0.15) is 0 Å². The maximum absolute atomic E-state index is 2.50. The molecule has 0 fully saturated rings. The minimum Gasteiger partial charge on any atom is -0.367 e. The summed E-state index contributed by atoms with van der Waals surface area (Å²) in [7, 11) is 0. The molecule has 1 nitrogen and oxygen atoms in total. The van der Waals surface area contributed by atoms with Gasteiger partial charge in [0, 0.05) is 18.8 Å². The largest absolute Gasteiger partial charge is 0.367 e. The summed E-state index contributed by atoms with van der Waals surface area (Å²) in [6, 6.07) is 15.4. The zero-order valence-corrected chi connectivity index (χ0v) is 11.1. The highest BCUT2D eigenvalue weighted by Crippen LogP contribution is 2.28. The molecular weight excluding hydrogens is 218 g/mol. The first-order chi connectivity index (χ1) is 8.75. The van der Waals surface area contributed by atoms with Crippen molar-refractivity contribution in [2.75, 3.05) is 11.4 Å². The fourth-order valence-corrected chi connectivity index (χ4v) is 2.87. The molecule has 18 heavy (non-hydrogen) atoms. The smallest absolute Gasteiger partial charge is 0.0435 e. The lowest BCUT2D eigenvalue weighted by atomic mass is 9.95. The Kier molecular flexibility index (Phi) is 2.83. The van der Waals surface area contributed by atoms with Gasteiger partial charge >= 0.3 is 0 Å². The van der Waals surface area contributed by atoms with Crippen LogP contribution in [0.5, 0.6) is 0 Å². The van der Waals surface area contributed by atoms with Gasteiger partial charge in [0.05, 0.1) is 0 Å². The van der Waals surface area contributed by atoms with E-state index in [0.29, 0.717) is 0 Å². The van der Waals surface area contributed by atoms with Crippen LogP contribution < -0.4 is 4.90 Å². The van der Waals surface area contributed by atoms with E-state index in [1.807, 2.05) is 0 Å². The van der Waals surface area contributed by atoms with Gasteiger partial charge in [0.25, 0.3) is 0 Å². The molecule has 0 N–H and O–H groups in total. The Bertz CT molecular complexity index is 572. The van der Waals surface area contributed by atoms with Crippen LogP contribution in [0.2, 0.25) is 0 Å². The number of hydrogen-bond donors (Lipinski definition) is 0. The van der Waals surface area contributed by atoms with Gasteiger partial charge in [-0.15, -0.1) is 0 Å². The maximum Gasteiger partial charge on any atom is 0.0435 e. The second-order valence-corrected chi connectivity index (χ2v) is 5.17. The van der Waals surface area contributed by atoms with Gasteiger partial charge in [-0.05, 0) is 48.6 Å². The van der Waals surface area contributed by atoms with Gasteiger partial charge in [-0.2, -0.15) is 0 Å². The number of anilines is 1. The molecule has 0 amide bonds. The Labute approximate surface area is 109 Å². The first-order valence-electron chi connectivity index (χ1n) is 6.63. The van der Waals surface area contributed by atoms with Crippen LogP contribution in [0.3, 0.4) is 0 Å². The summed E-state index contributed by atoms with van der Waals surface area (Å²) in [6.07, 6.45) is 1.16. The van der Waals surface area contributed by atoms with Crippen LogP contribution in [0.4, 0.5) is 5.69 Å². The Morgan fingerprint density at radius 1 is 0.889 bits per heavy atom. The third-order valence-electron chi connectivity index (χ3n) is 3.96. The molecule has 0 spiro atoms. The molecule has 0 saturated carbocycles. The van der Waals surface area contributed by atoms with Crippen LogP contribution in [0, 0.1) is 13.8 Å². The summed E-state index contributed by atoms with van der Waals surface area (Å²) in [6.45, 7) is 6.59. The van der Waals surface area contributed by atoms with Gasteiger partial charge in [-0.1, -0.05) is 36.4 Å². The topological polar surface area (TPSA) is 3.24 Å². The van der Waals surface area contributed by atoms with E-state index in [9.17, 15) is 0 Å². The van der Waals surface area contributed by atoms with Crippen LogP contribution in [-0.2, 0) is 13.0 Å². The molecule has 0 aromatic heterocycles. The summed E-state index contributed by atoms with van der Waals surface area (Å²) in [4.78, 5) is 2.50. The second-order valence-electron chi connectivity index (χ2n) is 5.17. The van der Waals surface area contributed by atoms with Crippen molar-refractivity contribution in [1.82, 2.24) is 0 Å². The number of rotatable bonds is 1. The molecule has 0 atom stereocenters. The highest BCUT2D eigenvalue weighted by Gasteiger charge is 2.18. The lowest BCUT2D eigenvalue weighted by Gasteiger charge is -2.32. The zero-order chi connectivity index (χ0) is 12.5. The quantitative estimate of drug-likeness (QED) is 0.728. The molecular formula is C17H19N. The standard InChI is InChI=1S/C17H19N/c1-13-7-5-8-15-10-11-18(12-16(13)15)17-9-4-3-6-14(17)2/h3-9H,10-12H2,1-2H3. The Morgan fingerprint density at radius 3 is 2.50 bits per heavy atom. The molecule has 1 aliphatic heterocycles. The number of benzene rings is 2. The van der Waals surface area contributed by atoms with Crippen molar-refractivity contribution in [2.24, 2.45) is 0 Å². The molecule has 2 aromatic rings. The molecule has 0 bridgehead atoms. The van der Waals surface area contributed by atoms with Crippen molar-refractivity contribution >= 4 is 5.69 Å². The van der Waals surface area contributed by atoms with Crippen LogP contribution in [-0.4, -0.2) is 6.54 Å². The minimum atomic E-state index is 1.05. The predicted octanol–water partition coefficient (Wildman–Crippen LogP) is 3.87. The molecule has 0 aliphatic carbocycles. The molecule has 2 aromatic carbocycles.